The Bertz CT molecular complexity index is 1660. The van der Waals surface area contributed by atoms with Gasteiger partial charge < -0.3 is 34.1 Å². The lowest BCUT2D eigenvalue weighted by molar-refractivity contribution is -0.148. The molecule has 0 aromatic heterocycles. The SMILES string of the molecule is C/C=C(/C)C(=O)OC[C@H]1c2c(c(C)c(C)c(OC)c2OC)C=C2[C@H]3c4c(O)c(OC)c(C)c(O)c4C(=O)[C@@H](C(=O)N21)N3C. The Morgan fingerprint density at radius 3 is 2.12 bits per heavy atom. The molecule has 1 fully saturated rings. The molecule has 1 saturated heterocycles. The van der Waals surface area contributed by atoms with E-state index < -0.39 is 35.8 Å². The molecule has 11 heteroatoms. The van der Waals surface area contributed by atoms with Crippen LogP contribution in [0.5, 0.6) is 28.7 Å². The number of carbonyl (C=O) groups excluding carboxylic acids is 3. The van der Waals surface area contributed by atoms with Crippen LogP contribution in [0.15, 0.2) is 17.3 Å². The van der Waals surface area contributed by atoms with Crippen molar-refractivity contribution in [3.8, 4) is 28.7 Å². The summed E-state index contributed by atoms with van der Waals surface area (Å²) in [6.07, 6.45) is 3.46. The van der Waals surface area contributed by atoms with Crippen LogP contribution in [0.3, 0.4) is 0 Å². The predicted molar refractivity (Wildman–Crippen MR) is 157 cm³/mol. The molecular formula is C32H36N2O9. The first-order chi connectivity index (χ1) is 20.4. The van der Waals surface area contributed by atoms with Gasteiger partial charge in [-0.1, -0.05) is 6.08 Å². The molecule has 43 heavy (non-hydrogen) atoms. The van der Waals surface area contributed by atoms with Gasteiger partial charge in [-0.05, 0) is 64.4 Å². The number of carbonyl (C=O) groups is 3. The van der Waals surface area contributed by atoms with E-state index in [-0.39, 0.29) is 40.5 Å². The second-order valence-electron chi connectivity index (χ2n) is 11.0. The van der Waals surface area contributed by atoms with Gasteiger partial charge in [0.25, 0.3) is 5.91 Å². The third-order valence-electron chi connectivity index (χ3n) is 9.01. The van der Waals surface area contributed by atoms with E-state index >= 15 is 0 Å². The summed E-state index contributed by atoms with van der Waals surface area (Å²) in [6, 6.07) is -3.06. The van der Waals surface area contributed by atoms with E-state index in [0.29, 0.717) is 28.3 Å². The number of benzene rings is 2. The van der Waals surface area contributed by atoms with Crippen LogP contribution in [0, 0.1) is 20.8 Å². The number of ether oxygens (including phenoxy) is 4. The number of fused-ring (bicyclic) bond motifs is 7. The zero-order valence-electron chi connectivity index (χ0n) is 25.7. The molecule has 3 atom stereocenters. The summed E-state index contributed by atoms with van der Waals surface area (Å²) in [7, 11) is 6.01. The summed E-state index contributed by atoms with van der Waals surface area (Å²) >= 11 is 0. The summed E-state index contributed by atoms with van der Waals surface area (Å²) in [5.74, 6) is -1.55. The minimum atomic E-state index is -1.32. The van der Waals surface area contributed by atoms with Crippen LogP contribution in [-0.4, -0.2) is 78.7 Å². The van der Waals surface area contributed by atoms with Crippen molar-refractivity contribution in [2.75, 3.05) is 35.0 Å². The fourth-order valence-electron chi connectivity index (χ4n) is 6.57. The number of esters is 1. The molecule has 5 rings (SSSR count). The Balaban J connectivity index is 1.85. The summed E-state index contributed by atoms with van der Waals surface area (Å²) in [6.45, 7) is 8.45. The number of amides is 1. The fraction of sp³-hybridized carbons (Fsp3) is 0.406. The van der Waals surface area contributed by atoms with Crippen LogP contribution < -0.4 is 14.2 Å². The number of nitrogens with zero attached hydrogens (tertiary/aromatic N) is 2. The molecule has 0 radical (unpaired) electrons. The van der Waals surface area contributed by atoms with Crippen LogP contribution in [0.25, 0.3) is 6.08 Å². The number of phenolic OH excluding ortho intramolecular Hbond substituents is 2. The topological polar surface area (TPSA) is 135 Å². The molecule has 2 N–H and O–H groups in total. The molecule has 3 aliphatic rings. The number of Topliss-reactive ketones (excluding diaryl/α,β-unsaturated/α-hetero) is 1. The number of phenols is 2. The maximum absolute atomic E-state index is 14.4. The van der Waals surface area contributed by atoms with Gasteiger partial charge in [-0.25, -0.2) is 4.79 Å². The second kappa shape index (κ2) is 10.6. The number of likely N-dealkylation sites (N-methyl/N-ethyl adjacent to an activating group) is 1. The van der Waals surface area contributed by atoms with Crippen molar-refractivity contribution >= 4 is 23.7 Å². The van der Waals surface area contributed by atoms with Crippen molar-refractivity contribution in [2.45, 2.75) is 52.7 Å². The van der Waals surface area contributed by atoms with Gasteiger partial charge in [-0.3, -0.25) is 14.5 Å². The number of piperazine rings is 1. The molecule has 0 saturated carbocycles. The predicted octanol–water partition coefficient (Wildman–Crippen LogP) is 4.03. The van der Waals surface area contributed by atoms with Crippen molar-refractivity contribution in [3.05, 3.63) is 56.3 Å². The van der Waals surface area contributed by atoms with Gasteiger partial charge >= 0.3 is 5.97 Å². The average molecular weight is 593 g/mol. The van der Waals surface area contributed by atoms with E-state index in [0.717, 1.165) is 16.7 Å². The Labute approximate surface area is 249 Å². The third-order valence-corrected chi connectivity index (χ3v) is 9.01. The number of hydrogen-bond acceptors (Lipinski definition) is 10. The normalized spacial score (nSPS) is 21.0. The molecule has 1 amide bonds. The van der Waals surface area contributed by atoms with E-state index in [1.807, 2.05) is 19.9 Å². The molecule has 3 aliphatic heterocycles. The quantitative estimate of drug-likeness (QED) is 0.219. The number of allylic oxidation sites excluding steroid dienone is 1. The maximum Gasteiger partial charge on any atom is 0.333 e. The van der Waals surface area contributed by atoms with E-state index in [2.05, 4.69) is 0 Å². The lowest BCUT2D eigenvalue weighted by Gasteiger charge is -2.52. The van der Waals surface area contributed by atoms with Crippen molar-refractivity contribution in [1.82, 2.24) is 9.80 Å². The minimum absolute atomic E-state index is 0.0295. The number of rotatable bonds is 6. The molecule has 228 valence electrons. The highest BCUT2D eigenvalue weighted by molar-refractivity contribution is 6.18. The van der Waals surface area contributed by atoms with Crippen molar-refractivity contribution in [2.24, 2.45) is 0 Å². The monoisotopic (exact) mass is 592 g/mol. The number of ketones is 1. The summed E-state index contributed by atoms with van der Waals surface area (Å²) in [5.41, 5.74) is 3.98. The van der Waals surface area contributed by atoms with Gasteiger partial charge in [-0.15, -0.1) is 0 Å². The maximum atomic E-state index is 14.4. The number of aromatic hydroxyl groups is 2. The minimum Gasteiger partial charge on any atom is -0.507 e. The Kier molecular flexibility index (Phi) is 7.42. The highest BCUT2D eigenvalue weighted by Gasteiger charge is 2.57. The molecule has 3 heterocycles. The van der Waals surface area contributed by atoms with Crippen LogP contribution >= 0.6 is 0 Å². The van der Waals surface area contributed by atoms with E-state index in [4.69, 9.17) is 18.9 Å². The van der Waals surface area contributed by atoms with Gasteiger partial charge in [-0.2, -0.15) is 0 Å². The summed E-state index contributed by atoms with van der Waals surface area (Å²) in [4.78, 5) is 44.2. The van der Waals surface area contributed by atoms with Gasteiger partial charge in [0.1, 0.15) is 18.4 Å². The van der Waals surface area contributed by atoms with Crippen LogP contribution in [0.2, 0.25) is 0 Å². The average Bonchev–Trinajstić information content (AvgIpc) is 2.98. The third kappa shape index (κ3) is 4.01. The standard InChI is InChI=1S/C32H36N2O9/c1-10-13(2)32(39)43-12-19-20-17(14(3)15(4)29(41-8)30(20)42-9)11-18-23-21-22(25(35)16(5)28(40-7)27(21)37)26(36)24(33(23)6)31(38)34(18)19/h10-11,19,23-24,35,37H,12H2,1-9H3/b13-10-/t19-,23-,24-/m0/s1. The first-order valence-electron chi connectivity index (χ1n) is 13.9. The zero-order chi connectivity index (χ0) is 31.7. The molecular weight excluding hydrogens is 556 g/mol. The van der Waals surface area contributed by atoms with Gasteiger partial charge in [0.2, 0.25) is 0 Å². The van der Waals surface area contributed by atoms with Crippen LogP contribution in [0.1, 0.15) is 69.7 Å². The first-order valence-corrected chi connectivity index (χ1v) is 13.9. The van der Waals surface area contributed by atoms with E-state index in [1.165, 1.54) is 33.2 Å². The zero-order valence-corrected chi connectivity index (χ0v) is 25.7. The lowest BCUT2D eigenvalue weighted by Crippen LogP contribution is -2.62. The van der Waals surface area contributed by atoms with Gasteiger partial charge in [0.15, 0.2) is 34.8 Å². The summed E-state index contributed by atoms with van der Waals surface area (Å²) < 4.78 is 22.7. The second-order valence-corrected chi connectivity index (χ2v) is 11.0. The van der Waals surface area contributed by atoms with Gasteiger partial charge in [0, 0.05) is 28.0 Å². The number of methoxy groups -OCH3 is 3. The lowest BCUT2D eigenvalue weighted by atomic mass is 9.76. The Morgan fingerprint density at radius 2 is 1.53 bits per heavy atom. The van der Waals surface area contributed by atoms with E-state index in [1.54, 1.807) is 31.9 Å². The van der Waals surface area contributed by atoms with Crippen molar-refractivity contribution in [1.29, 1.82) is 0 Å². The van der Waals surface area contributed by atoms with Gasteiger partial charge in [0.05, 0.1) is 32.9 Å². The Hall–Kier alpha value is -4.51. The largest absolute Gasteiger partial charge is 0.507 e. The smallest absolute Gasteiger partial charge is 0.333 e. The molecule has 0 unspecified atom stereocenters. The van der Waals surface area contributed by atoms with E-state index in [9.17, 15) is 24.6 Å². The molecule has 11 nitrogen and oxygen atoms in total. The highest BCUT2D eigenvalue weighted by atomic mass is 16.5. The molecule has 0 aliphatic carbocycles. The molecule has 2 aromatic carbocycles. The van der Waals surface area contributed by atoms with Crippen LogP contribution in [-0.2, 0) is 14.3 Å². The molecule has 2 bridgehead atoms. The van der Waals surface area contributed by atoms with Crippen LogP contribution in [0.4, 0.5) is 0 Å². The fourth-order valence-corrected chi connectivity index (χ4v) is 6.57. The molecule has 0 spiro atoms. The summed E-state index contributed by atoms with van der Waals surface area (Å²) in [5, 5.41) is 22.6. The van der Waals surface area contributed by atoms with Crippen molar-refractivity contribution in [3.63, 3.8) is 0 Å². The number of hydrogen-bond donors (Lipinski definition) is 2. The van der Waals surface area contributed by atoms with Crippen molar-refractivity contribution < 1.29 is 43.5 Å². The molecule has 2 aromatic rings. The Morgan fingerprint density at radius 1 is 0.907 bits per heavy atom. The highest BCUT2D eigenvalue weighted by Crippen LogP contribution is 2.57. The first kappa shape index (κ1) is 30.0.